The van der Waals surface area contributed by atoms with Crippen molar-refractivity contribution < 1.29 is 13.9 Å². The minimum atomic E-state index is -0.492. The maximum absolute atomic E-state index is 13.9. The molecule has 2 heterocycles. The van der Waals surface area contributed by atoms with Gasteiger partial charge in [-0.25, -0.2) is 19.2 Å². The Balaban J connectivity index is 1.50. The van der Waals surface area contributed by atoms with Crippen molar-refractivity contribution in [2.24, 2.45) is 0 Å². The number of anilines is 2. The molecule has 0 aliphatic heterocycles. The summed E-state index contributed by atoms with van der Waals surface area (Å²) in [5, 5.41) is 9.44. The molecule has 9 heteroatoms. The number of nitrogens with one attached hydrogen (secondary N) is 3. The average molecular weight is 563 g/mol. The minimum absolute atomic E-state index is 0.123. The third kappa shape index (κ3) is 6.15. The van der Waals surface area contributed by atoms with Crippen LogP contribution in [0.25, 0.3) is 33.4 Å². The fraction of sp³-hybridized carbons (Fsp3) is 0.121. The molecule has 2 aromatic heterocycles. The molecule has 212 valence electrons. The van der Waals surface area contributed by atoms with Gasteiger partial charge in [-0.05, 0) is 54.0 Å². The van der Waals surface area contributed by atoms with Gasteiger partial charge in [0.1, 0.15) is 29.5 Å². The number of carbonyl (C=O) groups is 1. The highest BCUT2D eigenvalue weighted by molar-refractivity contribution is 5.99. The molecule has 2 amide bonds. The van der Waals surface area contributed by atoms with Gasteiger partial charge in [-0.2, -0.15) is 0 Å². The van der Waals surface area contributed by atoms with E-state index in [9.17, 15) is 9.18 Å². The Morgan fingerprint density at radius 2 is 1.86 bits per heavy atom. The molecule has 3 aromatic carbocycles. The van der Waals surface area contributed by atoms with Crippen LogP contribution in [0.2, 0.25) is 0 Å². The zero-order valence-corrected chi connectivity index (χ0v) is 23.6. The second-order valence-corrected chi connectivity index (χ2v) is 9.36. The van der Waals surface area contributed by atoms with E-state index in [2.05, 4.69) is 50.3 Å². The van der Waals surface area contributed by atoms with Crippen molar-refractivity contribution in [2.45, 2.75) is 6.92 Å². The average Bonchev–Trinajstić information content (AvgIpc) is 3.41. The van der Waals surface area contributed by atoms with Crippen molar-refractivity contribution in [3.8, 4) is 22.7 Å². The van der Waals surface area contributed by atoms with Gasteiger partial charge in [-0.1, -0.05) is 54.6 Å². The van der Waals surface area contributed by atoms with Crippen LogP contribution in [0, 0.1) is 5.82 Å². The Hall–Kier alpha value is -5.44. The summed E-state index contributed by atoms with van der Waals surface area (Å²) in [4.78, 5) is 21.2. The normalized spacial score (nSPS) is 11.6. The first-order chi connectivity index (χ1) is 20.5. The topological polar surface area (TPSA) is 93.1 Å². The standard InChI is InChI=1S/C33H31FN6O2/c1-4-7-22(16-17-36-33(41)39-29-9-6-5-8-28(29)34)24-12-15-26-27(23-10-13-25(42-3)14-11-23)20-40(30(26)18-24)32-19-31(35-2)37-21-38-32/h4-16,18-21H,17H2,1-3H3,(H,35,37,38)(H2,36,39,41)/b7-4-,22-16+. The van der Waals surface area contributed by atoms with E-state index in [1.54, 1.807) is 19.2 Å². The van der Waals surface area contributed by atoms with Crippen LogP contribution in [-0.2, 0) is 0 Å². The monoisotopic (exact) mass is 562 g/mol. The van der Waals surface area contributed by atoms with Gasteiger partial charge in [0.2, 0.25) is 0 Å². The molecule has 0 saturated carbocycles. The third-order valence-electron chi connectivity index (χ3n) is 6.75. The zero-order chi connectivity index (χ0) is 29.5. The number of urea groups is 1. The number of nitrogens with zero attached hydrogens (tertiary/aromatic N) is 3. The Morgan fingerprint density at radius 1 is 1.05 bits per heavy atom. The predicted molar refractivity (Wildman–Crippen MR) is 167 cm³/mol. The Bertz CT molecular complexity index is 1780. The number of hydrogen-bond donors (Lipinski definition) is 3. The number of ether oxygens (including phenoxy) is 1. The summed E-state index contributed by atoms with van der Waals surface area (Å²) in [6.45, 7) is 2.18. The Morgan fingerprint density at radius 3 is 2.60 bits per heavy atom. The molecule has 0 fully saturated rings. The van der Waals surface area contributed by atoms with Crippen molar-refractivity contribution >= 4 is 34.0 Å². The second-order valence-electron chi connectivity index (χ2n) is 9.36. The quantitative estimate of drug-likeness (QED) is 0.167. The lowest BCUT2D eigenvalue weighted by molar-refractivity contribution is 0.253. The van der Waals surface area contributed by atoms with Crippen LogP contribution >= 0.6 is 0 Å². The highest BCUT2D eigenvalue weighted by Gasteiger charge is 2.15. The number of hydrogen-bond acceptors (Lipinski definition) is 5. The number of rotatable bonds is 9. The lowest BCUT2D eigenvalue weighted by Gasteiger charge is -2.10. The second kappa shape index (κ2) is 12.8. The molecule has 5 aromatic rings. The molecular formula is C33H31FN6O2. The van der Waals surface area contributed by atoms with Crippen LogP contribution < -0.4 is 20.7 Å². The molecule has 3 N–H and O–H groups in total. The van der Waals surface area contributed by atoms with Gasteiger partial charge in [0.05, 0.1) is 18.3 Å². The van der Waals surface area contributed by atoms with Gasteiger partial charge in [-0.15, -0.1) is 0 Å². The van der Waals surface area contributed by atoms with Gasteiger partial charge in [-0.3, -0.25) is 0 Å². The molecule has 0 radical (unpaired) electrons. The third-order valence-corrected chi connectivity index (χ3v) is 6.75. The fourth-order valence-electron chi connectivity index (χ4n) is 4.66. The molecule has 0 aliphatic carbocycles. The molecule has 42 heavy (non-hydrogen) atoms. The Kier molecular flexibility index (Phi) is 8.58. The van der Waals surface area contributed by atoms with Crippen LogP contribution in [0.3, 0.4) is 0 Å². The van der Waals surface area contributed by atoms with E-state index < -0.39 is 11.8 Å². The summed E-state index contributed by atoms with van der Waals surface area (Å²) in [6.07, 6.45) is 9.46. The maximum Gasteiger partial charge on any atom is 0.319 e. The molecule has 8 nitrogen and oxygen atoms in total. The number of aromatic nitrogens is 3. The lowest BCUT2D eigenvalue weighted by atomic mass is 10.00. The smallest absolute Gasteiger partial charge is 0.319 e. The molecule has 0 aliphatic rings. The van der Waals surface area contributed by atoms with Gasteiger partial charge in [0.15, 0.2) is 0 Å². The molecule has 0 bridgehead atoms. The number of methoxy groups -OCH3 is 1. The SMILES string of the molecule is C/C=C\C(=C/CNC(=O)Nc1ccccc1F)c1ccc2c(-c3ccc(OC)cc3)cn(-c3cc(NC)ncn3)c2c1. The minimum Gasteiger partial charge on any atom is -0.497 e. The van der Waals surface area contributed by atoms with Crippen LogP contribution in [0.4, 0.5) is 20.7 Å². The largest absolute Gasteiger partial charge is 0.497 e. The summed E-state index contributed by atoms with van der Waals surface area (Å²) >= 11 is 0. The van der Waals surface area contributed by atoms with Crippen LogP contribution in [0.15, 0.2) is 104 Å². The van der Waals surface area contributed by atoms with Crippen molar-refractivity contribution in [1.29, 1.82) is 0 Å². The first kappa shape index (κ1) is 28.1. The summed E-state index contributed by atoms with van der Waals surface area (Å²) in [6, 6.07) is 21.7. The molecular weight excluding hydrogens is 531 g/mol. The van der Waals surface area contributed by atoms with Crippen molar-refractivity contribution in [1.82, 2.24) is 19.9 Å². The van der Waals surface area contributed by atoms with Gasteiger partial charge in [0, 0.05) is 36.8 Å². The zero-order valence-electron chi connectivity index (χ0n) is 23.6. The van der Waals surface area contributed by atoms with Crippen molar-refractivity contribution in [3.63, 3.8) is 0 Å². The summed E-state index contributed by atoms with van der Waals surface area (Å²) < 4.78 is 21.3. The van der Waals surface area contributed by atoms with E-state index in [4.69, 9.17) is 4.74 Å². The number of amides is 2. The molecule has 0 atom stereocenters. The number of benzene rings is 3. The van der Waals surface area contributed by atoms with E-state index in [0.717, 1.165) is 44.7 Å². The molecule has 0 unspecified atom stereocenters. The van der Waals surface area contributed by atoms with Gasteiger partial charge >= 0.3 is 6.03 Å². The van der Waals surface area contributed by atoms with Crippen molar-refractivity contribution in [2.75, 3.05) is 31.3 Å². The number of para-hydroxylation sites is 1. The van der Waals surface area contributed by atoms with Crippen LogP contribution in [0.1, 0.15) is 12.5 Å². The fourth-order valence-corrected chi connectivity index (χ4v) is 4.66. The van der Waals surface area contributed by atoms with Crippen LogP contribution in [0.5, 0.6) is 5.75 Å². The van der Waals surface area contributed by atoms with Gasteiger partial charge < -0.3 is 25.3 Å². The Labute approximate surface area is 243 Å². The van der Waals surface area contributed by atoms with Crippen molar-refractivity contribution in [3.05, 3.63) is 115 Å². The highest BCUT2D eigenvalue weighted by Crippen LogP contribution is 2.35. The van der Waals surface area contributed by atoms with E-state index in [1.807, 2.05) is 67.1 Å². The van der Waals surface area contributed by atoms with E-state index in [-0.39, 0.29) is 12.2 Å². The molecule has 5 rings (SSSR count). The number of carbonyl (C=O) groups excluding carboxylic acids is 1. The first-order valence-corrected chi connectivity index (χ1v) is 13.4. The van der Waals surface area contributed by atoms with E-state index >= 15 is 0 Å². The molecule has 0 spiro atoms. The summed E-state index contributed by atoms with van der Waals surface area (Å²) in [7, 11) is 3.47. The predicted octanol–water partition coefficient (Wildman–Crippen LogP) is 7.06. The van der Waals surface area contributed by atoms with E-state index in [1.165, 1.54) is 18.5 Å². The van der Waals surface area contributed by atoms with E-state index in [0.29, 0.717) is 5.82 Å². The summed E-state index contributed by atoms with van der Waals surface area (Å²) in [5.74, 6) is 1.72. The lowest BCUT2D eigenvalue weighted by Crippen LogP contribution is -2.29. The van der Waals surface area contributed by atoms with Gasteiger partial charge in [0.25, 0.3) is 0 Å². The summed E-state index contributed by atoms with van der Waals surface area (Å²) in [5.41, 5.74) is 5.05. The number of allylic oxidation sites excluding steroid dienone is 3. The maximum atomic E-state index is 13.9. The van der Waals surface area contributed by atoms with Crippen LogP contribution in [-0.4, -0.2) is 41.3 Å². The number of fused-ring (bicyclic) bond motifs is 1. The first-order valence-electron chi connectivity index (χ1n) is 13.4. The highest BCUT2D eigenvalue weighted by atomic mass is 19.1. The number of halogens is 1. The molecule has 0 saturated heterocycles.